The molecule has 2 aromatic carbocycles. The summed E-state index contributed by atoms with van der Waals surface area (Å²) in [5.74, 6) is 0.864. The fourth-order valence-corrected chi connectivity index (χ4v) is 3.57. The molecule has 4 rings (SSSR count). The van der Waals surface area contributed by atoms with Crippen LogP contribution < -0.4 is 10.2 Å². The molecule has 3 aromatic rings. The van der Waals surface area contributed by atoms with Crippen LogP contribution in [0.2, 0.25) is 0 Å². The molecule has 1 aliphatic heterocycles. The standard InChI is InChI=1S/C23H24N4O/c1-17-6-5-7-19(14-17)20-15-24-23(25-16-20)27-12-10-18(11-13-27)22(28)26-21-8-3-2-4-9-21/h2-9,14-16,18H,10-13H2,1H3,(H,26,28). The maximum absolute atomic E-state index is 12.5. The molecule has 1 aromatic heterocycles. The first-order valence-corrected chi connectivity index (χ1v) is 9.69. The van der Waals surface area contributed by atoms with Gasteiger partial charge in [0.05, 0.1) is 0 Å². The van der Waals surface area contributed by atoms with E-state index in [0.717, 1.165) is 48.7 Å². The Bertz CT molecular complexity index is 932. The molecule has 0 saturated carbocycles. The molecule has 0 radical (unpaired) electrons. The van der Waals surface area contributed by atoms with Gasteiger partial charge in [0, 0.05) is 42.7 Å². The summed E-state index contributed by atoms with van der Waals surface area (Å²) in [5.41, 5.74) is 4.22. The van der Waals surface area contributed by atoms with Crippen LogP contribution >= 0.6 is 0 Å². The Morgan fingerprint density at radius 3 is 2.36 bits per heavy atom. The SMILES string of the molecule is Cc1cccc(-c2cnc(N3CCC(C(=O)Nc4ccccc4)CC3)nc2)c1. The molecule has 28 heavy (non-hydrogen) atoms. The lowest BCUT2D eigenvalue weighted by Crippen LogP contribution is -2.39. The highest BCUT2D eigenvalue weighted by atomic mass is 16.1. The molecule has 2 heterocycles. The maximum atomic E-state index is 12.5. The van der Waals surface area contributed by atoms with Crippen molar-refractivity contribution in [1.29, 1.82) is 0 Å². The Morgan fingerprint density at radius 2 is 1.68 bits per heavy atom. The molecule has 142 valence electrons. The molecule has 1 N–H and O–H groups in total. The van der Waals surface area contributed by atoms with E-state index in [1.807, 2.05) is 48.8 Å². The lowest BCUT2D eigenvalue weighted by atomic mass is 9.96. The molecule has 5 heteroatoms. The van der Waals surface area contributed by atoms with E-state index in [4.69, 9.17) is 0 Å². The first-order valence-electron chi connectivity index (χ1n) is 9.69. The topological polar surface area (TPSA) is 58.1 Å². The van der Waals surface area contributed by atoms with Gasteiger partial charge in [0.15, 0.2) is 0 Å². The lowest BCUT2D eigenvalue weighted by molar-refractivity contribution is -0.120. The number of anilines is 2. The van der Waals surface area contributed by atoms with Gasteiger partial charge in [-0.15, -0.1) is 0 Å². The van der Waals surface area contributed by atoms with Crippen molar-refractivity contribution < 1.29 is 4.79 Å². The molecule has 0 bridgehead atoms. The van der Waals surface area contributed by atoms with E-state index in [-0.39, 0.29) is 11.8 Å². The Labute approximate surface area is 165 Å². The number of benzene rings is 2. The van der Waals surface area contributed by atoms with Crippen LogP contribution in [0.25, 0.3) is 11.1 Å². The van der Waals surface area contributed by atoms with Gasteiger partial charge >= 0.3 is 0 Å². The van der Waals surface area contributed by atoms with Gasteiger partial charge in [-0.3, -0.25) is 4.79 Å². The molecule has 0 unspecified atom stereocenters. The molecule has 1 amide bonds. The number of nitrogens with one attached hydrogen (secondary N) is 1. The van der Waals surface area contributed by atoms with Crippen molar-refractivity contribution in [1.82, 2.24) is 9.97 Å². The van der Waals surface area contributed by atoms with Gasteiger partial charge in [0.2, 0.25) is 11.9 Å². The van der Waals surface area contributed by atoms with Crippen molar-refractivity contribution in [3.8, 4) is 11.1 Å². The van der Waals surface area contributed by atoms with E-state index in [1.165, 1.54) is 5.56 Å². The summed E-state index contributed by atoms with van der Waals surface area (Å²) < 4.78 is 0. The number of aryl methyl sites for hydroxylation is 1. The Balaban J connectivity index is 1.35. The second-order valence-electron chi connectivity index (χ2n) is 7.26. The number of nitrogens with zero attached hydrogens (tertiary/aromatic N) is 3. The molecular weight excluding hydrogens is 348 g/mol. The number of para-hydroxylation sites is 1. The van der Waals surface area contributed by atoms with Crippen LogP contribution in [-0.4, -0.2) is 29.0 Å². The first-order chi connectivity index (χ1) is 13.7. The average molecular weight is 372 g/mol. The number of amides is 1. The zero-order chi connectivity index (χ0) is 19.3. The summed E-state index contributed by atoms with van der Waals surface area (Å²) in [6.07, 6.45) is 5.37. The van der Waals surface area contributed by atoms with E-state index >= 15 is 0 Å². The summed E-state index contributed by atoms with van der Waals surface area (Å²) in [5, 5.41) is 3.01. The molecule has 0 aliphatic carbocycles. The number of hydrogen-bond acceptors (Lipinski definition) is 4. The molecule has 0 spiro atoms. The largest absolute Gasteiger partial charge is 0.341 e. The van der Waals surface area contributed by atoms with Crippen LogP contribution in [0.5, 0.6) is 0 Å². The van der Waals surface area contributed by atoms with Crippen LogP contribution in [0.1, 0.15) is 18.4 Å². The van der Waals surface area contributed by atoms with Crippen LogP contribution in [0, 0.1) is 12.8 Å². The summed E-state index contributed by atoms with van der Waals surface area (Å²) in [4.78, 5) is 23.8. The number of carbonyl (C=O) groups is 1. The van der Waals surface area contributed by atoms with E-state index in [9.17, 15) is 4.79 Å². The fraction of sp³-hybridized carbons (Fsp3) is 0.261. The Hall–Kier alpha value is -3.21. The monoisotopic (exact) mass is 372 g/mol. The predicted molar refractivity (Wildman–Crippen MR) is 112 cm³/mol. The van der Waals surface area contributed by atoms with Gasteiger partial charge in [-0.1, -0.05) is 48.0 Å². The minimum absolute atomic E-state index is 0.0306. The van der Waals surface area contributed by atoms with Gasteiger partial charge in [-0.2, -0.15) is 0 Å². The van der Waals surface area contributed by atoms with Crippen LogP contribution in [0.4, 0.5) is 11.6 Å². The maximum Gasteiger partial charge on any atom is 0.227 e. The molecule has 1 fully saturated rings. The second kappa shape index (κ2) is 8.21. The van der Waals surface area contributed by atoms with Crippen molar-refractivity contribution in [2.24, 2.45) is 5.92 Å². The molecular formula is C23H24N4O. The smallest absolute Gasteiger partial charge is 0.227 e. The number of hydrogen-bond donors (Lipinski definition) is 1. The molecule has 1 aliphatic rings. The number of aromatic nitrogens is 2. The molecule has 0 atom stereocenters. The second-order valence-corrected chi connectivity index (χ2v) is 7.26. The van der Waals surface area contributed by atoms with E-state index in [1.54, 1.807) is 0 Å². The number of rotatable bonds is 4. The summed E-state index contributed by atoms with van der Waals surface area (Å²) in [7, 11) is 0. The predicted octanol–water partition coefficient (Wildman–Crippen LogP) is 4.31. The normalized spacial score (nSPS) is 14.7. The van der Waals surface area contributed by atoms with E-state index < -0.39 is 0 Å². The van der Waals surface area contributed by atoms with Gasteiger partial charge in [-0.25, -0.2) is 9.97 Å². The average Bonchev–Trinajstić information content (AvgIpc) is 2.75. The lowest BCUT2D eigenvalue weighted by Gasteiger charge is -2.31. The van der Waals surface area contributed by atoms with Crippen molar-refractivity contribution in [2.45, 2.75) is 19.8 Å². The third-order valence-electron chi connectivity index (χ3n) is 5.18. The highest BCUT2D eigenvalue weighted by Gasteiger charge is 2.26. The Kier molecular flexibility index (Phi) is 5.33. The third kappa shape index (κ3) is 4.19. The zero-order valence-corrected chi connectivity index (χ0v) is 16.0. The van der Waals surface area contributed by atoms with Crippen LogP contribution in [0.3, 0.4) is 0 Å². The fourth-order valence-electron chi connectivity index (χ4n) is 3.57. The molecule has 1 saturated heterocycles. The zero-order valence-electron chi connectivity index (χ0n) is 16.0. The highest BCUT2D eigenvalue weighted by molar-refractivity contribution is 5.92. The summed E-state index contributed by atoms with van der Waals surface area (Å²) in [6, 6.07) is 18.0. The van der Waals surface area contributed by atoms with E-state index in [2.05, 4.69) is 45.3 Å². The Morgan fingerprint density at radius 1 is 0.964 bits per heavy atom. The van der Waals surface area contributed by atoms with Crippen molar-refractivity contribution in [3.63, 3.8) is 0 Å². The first kappa shape index (κ1) is 18.2. The van der Waals surface area contributed by atoms with Crippen molar-refractivity contribution >= 4 is 17.5 Å². The summed E-state index contributed by atoms with van der Waals surface area (Å²) >= 11 is 0. The van der Waals surface area contributed by atoms with Crippen LogP contribution in [-0.2, 0) is 4.79 Å². The third-order valence-corrected chi connectivity index (χ3v) is 5.18. The number of piperidine rings is 1. The highest BCUT2D eigenvalue weighted by Crippen LogP contribution is 2.24. The van der Waals surface area contributed by atoms with Gasteiger partial charge in [-0.05, 0) is 37.5 Å². The molecule has 5 nitrogen and oxygen atoms in total. The van der Waals surface area contributed by atoms with Crippen LogP contribution in [0.15, 0.2) is 67.0 Å². The minimum atomic E-state index is 0.0306. The van der Waals surface area contributed by atoms with Gasteiger partial charge in [0.1, 0.15) is 0 Å². The van der Waals surface area contributed by atoms with Gasteiger partial charge < -0.3 is 10.2 Å². The van der Waals surface area contributed by atoms with Gasteiger partial charge in [0.25, 0.3) is 0 Å². The minimum Gasteiger partial charge on any atom is -0.341 e. The quantitative estimate of drug-likeness (QED) is 0.741. The number of carbonyl (C=O) groups excluding carboxylic acids is 1. The summed E-state index contributed by atoms with van der Waals surface area (Å²) in [6.45, 7) is 3.66. The van der Waals surface area contributed by atoms with Crippen molar-refractivity contribution in [2.75, 3.05) is 23.3 Å². The van der Waals surface area contributed by atoms with Crippen molar-refractivity contribution in [3.05, 3.63) is 72.6 Å². The van der Waals surface area contributed by atoms with E-state index in [0.29, 0.717) is 0 Å².